The van der Waals surface area contributed by atoms with E-state index in [1.54, 1.807) is 25.1 Å². The van der Waals surface area contributed by atoms with Crippen molar-refractivity contribution < 1.29 is 23.5 Å². The van der Waals surface area contributed by atoms with Crippen LogP contribution < -0.4 is 15.4 Å². The molecule has 2 N–H and O–H groups in total. The van der Waals surface area contributed by atoms with E-state index in [1.807, 2.05) is 30.3 Å². The number of aromatic nitrogens is 1. The number of amides is 1. The molecule has 4 rings (SSSR count). The highest BCUT2D eigenvalue weighted by molar-refractivity contribution is 7.22. The van der Waals surface area contributed by atoms with Crippen LogP contribution in [0.5, 0.6) is 5.75 Å². The minimum atomic E-state index is -0.730. The van der Waals surface area contributed by atoms with Gasteiger partial charge < -0.3 is 20.1 Å². The van der Waals surface area contributed by atoms with Crippen molar-refractivity contribution in [1.29, 1.82) is 0 Å². The molecule has 0 bridgehead atoms. The number of fused-ring (bicyclic) bond motifs is 1. The van der Waals surface area contributed by atoms with Crippen LogP contribution >= 0.6 is 11.3 Å². The van der Waals surface area contributed by atoms with Gasteiger partial charge in [-0.1, -0.05) is 36.5 Å². The number of anilines is 2. The molecular formula is C26H24FN3O4S. The fraction of sp³-hybridized carbons (Fsp3) is 0.192. The fourth-order valence-corrected chi connectivity index (χ4v) is 4.50. The van der Waals surface area contributed by atoms with Gasteiger partial charge in [-0.15, -0.1) is 0 Å². The third-order valence-electron chi connectivity index (χ3n) is 5.47. The number of rotatable bonds is 8. The number of ether oxygens (including phenoxy) is 2. The van der Waals surface area contributed by atoms with E-state index >= 15 is 0 Å². The van der Waals surface area contributed by atoms with Gasteiger partial charge in [-0.25, -0.2) is 14.2 Å². The van der Waals surface area contributed by atoms with Gasteiger partial charge in [-0.2, -0.15) is 0 Å². The molecule has 3 aromatic carbocycles. The Kier molecular flexibility index (Phi) is 7.26. The van der Waals surface area contributed by atoms with E-state index in [1.165, 1.54) is 37.7 Å². The monoisotopic (exact) mass is 493 g/mol. The molecule has 1 amide bonds. The maximum Gasteiger partial charge on any atom is 0.328 e. The number of hydrogen-bond donors (Lipinski definition) is 2. The summed E-state index contributed by atoms with van der Waals surface area (Å²) in [4.78, 5) is 29.0. The van der Waals surface area contributed by atoms with Crippen LogP contribution in [0.2, 0.25) is 0 Å². The van der Waals surface area contributed by atoms with Crippen molar-refractivity contribution in [2.24, 2.45) is 0 Å². The Labute approximate surface area is 205 Å². The summed E-state index contributed by atoms with van der Waals surface area (Å²) in [6, 6.07) is 16.8. The van der Waals surface area contributed by atoms with E-state index in [2.05, 4.69) is 15.6 Å². The van der Waals surface area contributed by atoms with E-state index < -0.39 is 17.9 Å². The SMILES string of the molecule is CCC(NC(=O)c1ccc(-c2ccc(Nc3nc4ccc(F)cc4s3)cc2)cc1OC)C(=O)OC. The van der Waals surface area contributed by atoms with Gasteiger partial charge in [-0.3, -0.25) is 4.79 Å². The number of nitrogens with zero attached hydrogens (tertiary/aromatic N) is 1. The lowest BCUT2D eigenvalue weighted by Crippen LogP contribution is -2.41. The molecule has 1 unspecified atom stereocenters. The van der Waals surface area contributed by atoms with Crippen LogP contribution in [0.1, 0.15) is 23.7 Å². The van der Waals surface area contributed by atoms with Crippen LogP contribution in [-0.4, -0.2) is 37.1 Å². The number of esters is 1. The number of methoxy groups -OCH3 is 2. The third kappa shape index (κ3) is 5.41. The van der Waals surface area contributed by atoms with Crippen molar-refractivity contribution in [3.8, 4) is 16.9 Å². The van der Waals surface area contributed by atoms with Crippen LogP contribution in [0.25, 0.3) is 21.3 Å². The maximum atomic E-state index is 13.4. The Hall–Kier alpha value is -3.98. The smallest absolute Gasteiger partial charge is 0.328 e. The average molecular weight is 494 g/mol. The topological polar surface area (TPSA) is 89.5 Å². The van der Waals surface area contributed by atoms with Crippen molar-refractivity contribution >= 4 is 44.2 Å². The first-order valence-electron chi connectivity index (χ1n) is 10.9. The normalized spacial score (nSPS) is 11.7. The van der Waals surface area contributed by atoms with Gasteiger partial charge in [0.1, 0.15) is 17.6 Å². The minimum Gasteiger partial charge on any atom is -0.496 e. The number of carbonyl (C=O) groups is 2. The Morgan fingerprint density at radius 3 is 2.46 bits per heavy atom. The van der Waals surface area contributed by atoms with Crippen LogP contribution in [-0.2, 0) is 9.53 Å². The molecule has 1 aromatic heterocycles. The number of halogens is 1. The number of nitrogens with one attached hydrogen (secondary N) is 2. The lowest BCUT2D eigenvalue weighted by atomic mass is 10.0. The first-order valence-corrected chi connectivity index (χ1v) is 11.7. The van der Waals surface area contributed by atoms with Gasteiger partial charge in [0.25, 0.3) is 5.91 Å². The Morgan fingerprint density at radius 1 is 1.03 bits per heavy atom. The molecular weight excluding hydrogens is 469 g/mol. The Balaban J connectivity index is 1.50. The molecule has 0 saturated heterocycles. The molecule has 0 fully saturated rings. The predicted octanol–water partition coefficient (Wildman–Crippen LogP) is 5.54. The molecule has 35 heavy (non-hydrogen) atoms. The molecule has 7 nitrogen and oxygen atoms in total. The highest BCUT2D eigenvalue weighted by Gasteiger charge is 2.22. The first kappa shape index (κ1) is 24.2. The van der Waals surface area contributed by atoms with Crippen LogP contribution in [0.4, 0.5) is 15.2 Å². The quantitative estimate of drug-likeness (QED) is 0.314. The second kappa shape index (κ2) is 10.5. The summed E-state index contributed by atoms with van der Waals surface area (Å²) < 4.78 is 24.4. The van der Waals surface area contributed by atoms with Gasteiger partial charge in [0, 0.05) is 5.69 Å². The molecule has 1 atom stereocenters. The summed E-state index contributed by atoms with van der Waals surface area (Å²) in [7, 11) is 2.78. The zero-order valence-corrected chi connectivity index (χ0v) is 20.2. The van der Waals surface area contributed by atoms with Crippen molar-refractivity contribution in [3.05, 3.63) is 72.0 Å². The number of thiazole rings is 1. The molecule has 0 saturated carbocycles. The number of carbonyl (C=O) groups excluding carboxylic acids is 2. The standard InChI is InChI=1S/C26H24FN3O4S/c1-4-20(25(32)34-3)29-24(31)19-11-7-16(13-22(19)33-2)15-5-9-18(10-6-15)28-26-30-21-12-8-17(27)14-23(21)35-26/h5-14,20H,4H2,1-3H3,(H,28,30)(H,29,31). The summed E-state index contributed by atoms with van der Waals surface area (Å²) in [5.74, 6) is -0.808. The molecule has 0 aliphatic carbocycles. The molecule has 0 aliphatic heterocycles. The van der Waals surface area contributed by atoms with E-state index in [0.29, 0.717) is 22.9 Å². The van der Waals surface area contributed by atoms with Crippen LogP contribution in [0.3, 0.4) is 0 Å². The molecule has 0 radical (unpaired) electrons. The first-order chi connectivity index (χ1) is 16.9. The van der Waals surface area contributed by atoms with Crippen molar-refractivity contribution in [1.82, 2.24) is 10.3 Å². The third-order valence-corrected chi connectivity index (χ3v) is 6.40. The molecule has 180 valence electrons. The zero-order chi connectivity index (χ0) is 24.9. The fourth-order valence-electron chi connectivity index (χ4n) is 3.59. The summed E-state index contributed by atoms with van der Waals surface area (Å²) in [5, 5.41) is 6.60. The highest BCUT2D eigenvalue weighted by Crippen LogP contribution is 2.31. The Morgan fingerprint density at radius 2 is 1.77 bits per heavy atom. The summed E-state index contributed by atoms with van der Waals surface area (Å²) >= 11 is 1.38. The summed E-state index contributed by atoms with van der Waals surface area (Å²) in [5.41, 5.74) is 3.69. The zero-order valence-electron chi connectivity index (χ0n) is 19.4. The molecule has 4 aromatic rings. The summed E-state index contributed by atoms with van der Waals surface area (Å²) in [6.45, 7) is 1.79. The van der Waals surface area contributed by atoms with E-state index in [-0.39, 0.29) is 5.82 Å². The predicted molar refractivity (Wildman–Crippen MR) is 135 cm³/mol. The largest absolute Gasteiger partial charge is 0.496 e. The van der Waals surface area contributed by atoms with Crippen molar-refractivity contribution in [2.45, 2.75) is 19.4 Å². The Bertz CT molecular complexity index is 1370. The van der Waals surface area contributed by atoms with E-state index in [0.717, 1.165) is 27.0 Å². The molecule has 0 spiro atoms. The van der Waals surface area contributed by atoms with Crippen LogP contribution in [0.15, 0.2) is 60.7 Å². The molecule has 0 aliphatic rings. The van der Waals surface area contributed by atoms with E-state index in [4.69, 9.17) is 9.47 Å². The molecule has 1 heterocycles. The van der Waals surface area contributed by atoms with Gasteiger partial charge in [0.2, 0.25) is 0 Å². The second-order valence-electron chi connectivity index (χ2n) is 7.71. The highest BCUT2D eigenvalue weighted by atomic mass is 32.1. The summed E-state index contributed by atoms with van der Waals surface area (Å²) in [6.07, 6.45) is 0.410. The minimum absolute atomic E-state index is 0.287. The number of benzene rings is 3. The second-order valence-corrected chi connectivity index (χ2v) is 8.74. The van der Waals surface area contributed by atoms with Gasteiger partial charge >= 0.3 is 5.97 Å². The van der Waals surface area contributed by atoms with Gasteiger partial charge in [-0.05, 0) is 60.0 Å². The van der Waals surface area contributed by atoms with Crippen molar-refractivity contribution in [3.63, 3.8) is 0 Å². The molecule has 9 heteroatoms. The lowest BCUT2D eigenvalue weighted by Gasteiger charge is -2.16. The lowest BCUT2D eigenvalue weighted by molar-refractivity contribution is -0.142. The average Bonchev–Trinajstić information content (AvgIpc) is 3.27. The number of hydrogen-bond acceptors (Lipinski definition) is 7. The van der Waals surface area contributed by atoms with E-state index in [9.17, 15) is 14.0 Å². The van der Waals surface area contributed by atoms with Crippen LogP contribution in [0, 0.1) is 5.82 Å². The van der Waals surface area contributed by atoms with Gasteiger partial charge in [0.05, 0.1) is 30.0 Å². The van der Waals surface area contributed by atoms with Gasteiger partial charge in [0.15, 0.2) is 5.13 Å². The maximum absolute atomic E-state index is 13.4. The van der Waals surface area contributed by atoms with Crippen molar-refractivity contribution in [2.75, 3.05) is 19.5 Å².